The van der Waals surface area contributed by atoms with Crippen LogP contribution in [0.2, 0.25) is 0 Å². The molecule has 1 heterocycles. The molecule has 0 unspecified atom stereocenters. The zero-order chi connectivity index (χ0) is 10.8. The van der Waals surface area contributed by atoms with E-state index in [1.165, 1.54) is 6.07 Å². The van der Waals surface area contributed by atoms with Crippen LogP contribution in [0.1, 0.15) is 18.1 Å². The van der Waals surface area contributed by atoms with Gasteiger partial charge in [0.05, 0.1) is 6.54 Å². The maximum absolute atomic E-state index is 13.3. The van der Waals surface area contributed by atoms with E-state index in [0.717, 1.165) is 29.1 Å². The average Bonchev–Trinajstić information content (AvgIpc) is 2.64. The Bertz CT molecular complexity index is 445. The predicted octanol–water partition coefficient (Wildman–Crippen LogP) is 2.98. The van der Waals surface area contributed by atoms with Gasteiger partial charge in [0.15, 0.2) is 0 Å². The molecular weight excluding hydrogens is 209 g/mol. The third-order valence-corrected chi connectivity index (χ3v) is 3.58. The normalized spacial score (nSPS) is 14.6. The molecule has 0 spiro atoms. The largest absolute Gasteiger partial charge is 0.230 e. The Morgan fingerprint density at radius 1 is 1.53 bits per heavy atom. The van der Waals surface area contributed by atoms with E-state index in [1.807, 2.05) is 19.9 Å². The predicted molar refractivity (Wildman–Crippen MR) is 60.9 cm³/mol. The molecular formula is C12H12FNS. The molecule has 1 aromatic rings. The van der Waals surface area contributed by atoms with Crippen LogP contribution < -0.4 is 0 Å². The molecule has 15 heavy (non-hydrogen) atoms. The van der Waals surface area contributed by atoms with Crippen molar-refractivity contribution in [3.8, 4) is 11.8 Å². The van der Waals surface area contributed by atoms with E-state index < -0.39 is 0 Å². The van der Waals surface area contributed by atoms with Crippen molar-refractivity contribution < 1.29 is 4.39 Å². The Balaban J connectivity index is 2.22. The molecule has 0 amide bonds. The van der Waals surface area contributed by atoms with Gasteiger partial charge in [0, 0.05) is 11.4 Å². The highest BCUT2D eigenvalue weighted by atomic mass is 32.2. The first-order chi connectivity index (χ1) is 7.22. The van der Waals surface area contributed by atoms with Crippen molar-refractivity contribution in [1.29, 1.82) is 0 Å². The molecule has 1 nitrogen and oxygen atoms in total. The summed E-state index contributed by atoms with van der Waals surface area (Å²) < 4.78 is 15.4. The van der Waals surface area contributed by atoms with Crippen LogP contribution in [0, 0.1) is 24.6 Å². The third-order valence-electron chi connectivity index (χ3n) is 2.48. The monoisotopic (exact) mass is 221 g/mol. The Hall–Kier alpha value is -0.980. The summed E-state index contributed by atoms with van der Waals surface area (Å²) in [7, 11) is 0. The van der Waals surface area contributed by atoms with Crippen LogP contribution in [0.25, 0.3) is 0 Å². The second kappa shape index (κ2) is 4.26. The van der Waals surface area contributed by atoms with E-state index in [2.05, 4.69) is 16.1 Å². The highest BCUT2D eigenvalue weighted by Crippen LogP contribution is 2.37. The lowest BCUT2D eigenvalue weighted by Gasteiger charge is -2.07. The molecule has 1 aliphatic heterocycles. The van der Waals surface area contributed by atoms with Gasteiger partial charge < -0.3 is 0 Å². The van der Waals surface area contributed by atoms with Crippen molar-refractivity contribution in [3.63, 3.8) is 0 Å². The first-order valence-electron chi connectivity index (χ1n) is 4.83. The number of halogens is 1. The highest BCUT2D eigenvalue weighted by molar-refractivity contribution is 7.97. The van der Waals surface area contributed by atoms with Gasteiger partial charge in [0.1, 0.15) is 5.82 Å². The van der Waals surface area contributed by atoms with Gasteiger partial charge in [-0.25, -0.2) is 8.70 Å². The minimum absolute atomic E-state index is 0.113. The van der Waals surface area contributed by atoms with Crippen LogP contribution in [-0.2, 0) is 6.54 Å². The number of benzene rings is 1. The molecule has 0 saturated carbocycles. The molecule has 0 radical (unpaired) electrons. The van der Waals surface area contributed by atoms with Crippen LogP contribution in [-0.4, -0.2) is 10.8 Å². The molecule has 0 N–H and O–H groups in total. The van der Waals surface area contributed by atoms with E-state index in [0.29, 0.717) is 0 Å². The van der Waals surface area contributed by atoms with Crippen LogP contribution in [0.3, 0.4) is 0 Å². The topological polar surface area (TPSA) is 3.24 Å². The summed E-state index contributed by atoms with van der Waals surface area (Å²) in [6.07, 6.45) is 0. The molecule has 0 bridgehead atoms. The molecule has 3 heteroatoms. The summed E-state index contributed by atoms with van der Waals surface area (Å²) in [6.45, 7) is 5.19. The van der Waals surface area contributed by atoms with E-state index >= 15 is 0 Å². The Morgan fingerprint density at radius 3 is 3.07 bits per heavy atom. The van der Waals surface area contributed by atoms with Crippen molar-refractivity contribution >= 4 is 11.9 Å². The van der Waals surface area contributed by atoms with Crippen molar-refractivity contribution in [2.24, 2.45) is 0 Å². The fourth-order valence-corrected chi connectivity index (χ4v) is 2.65. The van der Waals surface area contributed by atoms with Crippen LogP contribution in [0.5, 0.6) is 0 Å². The second-order valence-electron chi connectivity index (χ2n) is 3.47. The molecule has 1 aliphatic rings. The zero-order valence-electron chi connectivity index (χ0n) is 8.80. The Kier molecular flexibility index (Phi) is 2.99. The van der Waals surface area contributed by atoms with Gasteiger partial charge in [-0.05, 0) is 49.1 Å². The maximum atomic E-state index is 13.3. The van der Waals surface area contributed by atoms with E-state index in [4.69, 9.17) is 0 Å². The summed E-state index contributed by atoms with van der Waals surface area (Å²) in [4.78, 5) is 1.16. The van der Waals surface area contributed by atoms with Gasteiger partial charge >= 0.3 is 0 Å². The summed E-state index contributed by atoms with van der Waals surface area (Å²) >= 11 is 1.66. The number of hydrogen-bond acceptors (Lipinski definition) is 2. The summed E-state index contributed by atoms with van der Waals surface area (Å²) in [6, 6.07) is 3.39. The average molecular weight is 221 g/mol. The standard InChI is InChI=1S/C12H12FNS/c1-3-4-7-14-8-10-9(2)11(13)5-6-12(10)15-14/h5-6H,7-8H2,1-2H3. The van der Waals surface area contributed by atoms with Crippen molar-refractivity contribution in [1.82, 2.24) is 4.31 Å². The van der Waals surface area contributed by atoms with E-state index in [-0.39, 0.29) is 5.82 Å². The Morgan fingerprint density at radius 2 is 2.33 bits per heavy atom. The van der Waals surface area contributed by atoms with Gasteiger partial charge in [-0.15, -0.1) is 5.92 Å². The lowest BCUT2D eigenvalue weighted by molar-refractivity contribution is 0.532. The zero-order valence-corrected chi connectivity index (χ0v) is 9.62. The molecule has 2 rings (SSSR count). The van der Waals surface area contributed by atoms with Gasteiger partial charge in [-0.2, -0.15) is 0 Å². The van der Waals surface area contributed by atoms with Gasteiger partial charge in [-0.1, -0.05) is 5.92 Å². The summed E-state index contributed by atoms with van der Waals surface area (Å²) in [5.41, 5.74) is 1.88. The minimum Gasteiger partial charge on any atom is -0.230 e. The van der Waals surface area contributed by atoms with Gasteiger partial charge in [-0.3, -0.25) is 0 Å². The second-order valence-corrected chi connectivity index (χ2v) is 4.60. The molecule has 0 atom stereocenters. The molecule has 0 saturated heterocycles. The van der Waals surface area contributed by atoms with Crippen LogP contribution >= 0.6 is 11.9 Å². The number of rotatable bonds is 1. The SMILES string of the molecule is CC#CCN1Cc2c(ccc(F)c2C)S1. The first kappa shape index (κ1) is 10.5. The van der Waals surface area contributed by atoms with E-state index in [1.54, 1.807) is 11.9 Å². The lowest BCUT2D eigenvalue weighted by atomic mass is 10.1. The number of fused-ring (bicyclic) bond motifs is 1. The van der Waals surface area contributed by atoms with Gasteiger partial charge in [0.2, 0.25) is 0 Å². The lowest BCUT2D eigenvalue weighted by Crippen LogP contribution is -2.10. The fourth-order valence-electron chi connectivity index (χ4n) is 1.59. The smallest absolute Gasteiger partial charge is 0.126 e. The highest BCUT2D eigenvalue weighted by Gasteiger charge is 2.22. The summed E-state index contributed by atoms with van der Waals surface area (Å²) in [5, 5.41) is 0. The number of hydrogen-bond donors (Lipinski definition) is 0. The van der Waals surface area contributed by atoms with Crippen molar-refractivity contribution in [2.75, 3.05) is 6.54 Å². The Labute approximate surface area is 93.8 Å². The summed E-state index contributed by atoms with van der Waals surface area (Å²) in [5.74, 6) is 5.78. The molecule has 78 valence electrons. The van der Waals surface area contributed by atoms with E-state index in [9.17, 15) is 4.39 Å². The van der Waals surface area contributed by atoms with Crippen molar-refractivity contribution in [2.45, 2.75) is 25.3 Å². The first-order valence-corrected chi connectivity index (χ1v) is 5.60. The third kappa shape index (κ3) is 2.01. The van der Waals surface area contributed by atoms with Crippen LogP contribution in [0.4, 0.5) is 4.39 Å². The minimum atomic E-state index is -0.113. The fraction of sp³-hybridized carbons (Fsp3) is 0.333. The molecule has 1 aromatic carbocycles. The molecule has 0 fully saturated rings. The number of nitrogens with zero attached hydrogens (tertiary/aromatic N) is 1. The molecule has 0 aliphatic carbocycles. The quantitative estimate of drug-likeness (QED) is 0.530. The van der Waals surface area contributed by atoms with Crippen molar-refractivity contribution in [3.05, 3.63) is 29.1 Å². The maximum Gasteiger partial charge on any atom is 0.126 e. The molecule has 0 aromatic heterocycles. The van der Waals surface area contributed by atoms with Crippen LogP contribution in [0.15, 0.2) is 17.0 Å². The van der Waals surface area contributed by atoms with Gasteiger partial charge in [0.25, 0.3) is 0 Å².